The highest BCUT2D eigenvalue weighted by Crippen LogP contribution is 2.12. The van der Waals surface area contributed by atoms with E-state index in [1.165, 1.54) is 0 Å². The number of hydrogen-bond donors (Lipinski definition) is 0. The number of aryl methyl sites for hydroxylation is 1. The summed E-state index contributed by atoms with van der Waals surface area (Å²) in [5, 5.41) is 0. The number of fused-ring (bicyclic) bond motifs is 1. The summed E-state index contributed by atoms with van der Waals surface area (Å²) in [4.78, 5) is 15.7. The molecule has 4 nitrogen and oxygen atoms in total. The molecule has 0 spiro atoms. The van der Waals surface area contributed by atoms with Gasteiger partial charge in [0.2, 0.25) is 5.78 Å². The lowest BCUT2D eigenvalue weighted by Gasteiger charge is -1.97. The standard InChI is InChI=1S/C10H13N3O/c1-7(2)8-6-13-5-4-9(14)12(3)10(13)11-8/h4-7H,1-3H3. The summed E-state index contributed by atoms with van der Waals surface area (Å²) in [7, 11) is 1.73. The fourth-order valence-corrected chi connectivity index (χ4v) is 1.39. The maximum absolute atomic E-state index is 11.3. The van der Waals surface area contributed by atoms with Gasteiger partial charge < -0.3 is 0 Å². The molecule has 0 aromatic carbocycles. The molecule has 0 aliphatic carbocycles. The third-order valence-electron chi connectivity index (χ3n) is 2.33. The van der Waals surface area contributed by atoms with Crippen LogP contribution in [0.25, 0.3) is 5.78 Å². The van der Waals surface area contributed by atoms with Crippen LogP contribution >= 0.6 is 0 Å². The molecule has 0 N–H and O–H groups in total. The van der Waals surface area contributed by atoms with E-state index in [1.54, 1.807) is 23.9 Å². The predicted octanol–water partition coefficient (Wildman–Crippen LogP) is 1.16. The van der Waals surface area contributed by atoms with Crippen LogP contribution in [0.15, 0.2) is 23.3 Å². The second-order valence-electron chi connectivity index (χ2n) is 3.74. The lowest BCUT2D eigenvalue weighted by Crippen LogP contribution is -2.17. The highest BCUT2D eigenvalue weighted by molar-refractivity contribution is 5.32. The van der Waals surface area contributed by atoms with E-state index in [2.05, 4.69) is 18.8 Å². The molecule has 2 rings (SSSR count). The van der Waals surface area contributed by atoms with Crippen LogP contribution < -0.4 is 5.56 Å². The average Bonchev–Trinajstić information content (AvgIpc) is 2.56. The van der Waals surface area contributed by atoms with Gasteiger partial charge in [-0.1, -0.05) is 13.8 Å². The first kappa shape index (κ1) is 8.99. The molecular formula is C10H13N3O. The molecule has 74 valence electrons. The summed E-state index contributed by atoms with van der Waals surface area (Å²) < 4.78 is 3.42. The van der Waals surface area contributed by atoms with E-state index in [0.717, 1.165) is 5.69 Å². The Morgan fingerprint density at radius 2 is 2.14 bits per heavy atom. The van der Waals surface area contributed by atoms with Crippen LogP contribution in [0.3, 0.4) is 0 Å². The fourth-order valence-electron chi connectivity index (χ4n) is 1.39. The summed E-state index contributed by atoms with van der Waals surface area (Å²) in [5.41, 5.74) is 0.976. The van der Waals surface area contributed by atoms with Crippen molar-refractivity contribution in [2.24, 2.45) is 7.05 Å². The zero-order chi connectivity index (χ0) is 10.3. The zero-order valence-electron chi connectivity index (χ0n) is 8.56. The summed E-state index contributed by atoms with van der Waals surface area (Å²) in [6.45, 7) is 4.17. The van der Waals surface area contributed by atoms with Gasteiger partial charge in [-0.25, -0.2) is 4.98 Å². The monoisotopic (exact) mass is 191 g/mol. The number of nitrogens with zero attached hydrogens (tertiary/aromatic N) is 3. The Morgan fingerprint density at radius 3 is 2.79 bits per heavy atom. The number of aromatic nitrogens is 3. The minimum atomic E-state index is -0.0293. The van der Waals surface area contributed by atoms with E-state index in [9.17, 15) is 4.79 Å². The molecule has 0 saturated heterocycles. The van der Waals surface area contributed by atoms with Gasteiger partial charge in [0.05, 0.1) is 5.69 Å². The third-order valence-corrected chi connectivity index (χ3v) is 2.33. The summed E-state index contributed by atoms with van der Waals surface area (Å²) in [6.07, 6.45) is 3.70. The van der Waals surface area contributed by atoms with Crippen LogP contribution in [0.2, 0.25) is 0 Å². The molecule has 0 fully saturated rings. The normalized spacial score (nSPS) is 11.4. The number of rotatable bonds is 1. The molecule has 2 heterocycles. The van der Waals surface area contributed by atoms with Crippen LogP contribution in [-0.4, -0.2) is 14.0 Å². The van der Waals surface area contributed by atoms with E-state index in [-0.39, 0.29) is 5.56 Å². The molecular weight excluding hydrogens is 178 g/mol. The molecule has 0 radical (unpaired) electrons. The maximum Gasteiger partial charge on any atom is 0.254 e. The molecule has 0 unspecified atom stereocenters. The van der Waals surface area contributed by atoms with Gasteiger partial charge >= 0.3 is 0 Å². The van der Waals surface area contributed by atoms with Crippen molar-refractivity contribution in [3.63, 3.8) is 0 Å². The highest BCUT2D eigenvalue weighted by Gasteiger charge is 2.07. The maximum atomic E-state index is 11.3. The van der Waals surface area contributed by atoms with E-state index < -0.39 is 0 Å². The van der Waals surface area contributed by atoms with Crippen LogP contribution in [0.5, 0.6) is 0 Å². The van der Waals surface area contributed by atoms with Gasteiger partial charge in [0, 0.05) is 25.5 Å². The number of imidazole rings is 1. The molecule has 0 atom stereocenters. The summed E-state index contributed by atoms with van der Waals surface area (Å²) >= 11 is 0. The molecule has 2 aromatic rings. The first-order valence-electron chi connectivity index (χ1n) is 4.64. The van der Waals surface area contributed by atoms with Crippen LogP contribution in [-0.2, 0) is 7.05 Å². The van der Waals surface area contributed by atoms with E-state index in [0.29, 0.717) is 11.7 Å². The molecule has 0 bridgehead atoms. The second-order valence-corrected chi connectivity index (χ2v) is 3.74. The fraction of sp³-hybridized carbons (Fsp3) is 0.400. The van der Waals surface area contributed by atoms with Crippen LogP contribution in [0.4, 0.5) is 0 Å². The molecule has 0 saturated carbocycles. The van der Waals surface area contributed by atoms with Crippen molar-refractivity contribution in [1.82, 2.24) is 14.0 Å². The van der Waals surface area contributed by atoms with Gasteiger partial charge in [-0.3, -0.25) is 13.8 Å². The zero-order valence-corrected chi connectivity index (χ0v) is 8.56. The third kappa shape index (κ3) is 1.23. The molecule has 0 amide bonds. The minimum Gasteiger partial charge on any atom is -0.292 e. The Bertz CT molecular complexity index is 522. The first-order valence-corrected chi connectivity index (χ1v) is 4.64. The Kier molecular flexibility index (Phi) is 1.91. The van der Waals surface area contributed by atoms with Crippen molar-refractivity contribution >= 4 is 5.78 Å². The average molecular weight is 191 g/mol. The smallest absolute Gasteiger partial charge is 0.254 e. The lowest BCUT2D eigenvalue weighted by atomic mass is 10.2. The van der Waals surface area contributed by atoms with Crippen molar-refractivity contribution < 1.29 is 0 Å². The molecule has 4 heteroatoms. The Balaban J connectivity index is 2.78. The van der Waals surface area contributed by atoms with E-state index in [1.807, 2.05) is 10.6 Å². The Labute approximate surface area is 81.8 Å². The van der Waals surface area contributed by atoms with Gasteiger partial charge in [-0.15, -0.1) is 0 Å². The van der Waals surface area contributed by atoms with E-state index >= 15 is 0 Å². The van der Waals surface area contributed by atoms with Gasteiger partial charge in [-0.05, 0) is 5.92 Å². The van der Waals surface area contributed by atoms with Crippen molar-refractivity contribution in [2.45, 2.75) is 19.8 Å². The number of hydrogen-bond acceptors (Lipinski definition) is 2. The lowest BCUT2D eigenvalue weighted by molar-refractivity contribution is 0.821. The molecule has 0 aliphatic rings. The van der Waals surface area contributed by atoms with E-state index in [4.69, 9.17) is 0 Å². The van der Waals surface area contributed by atoms with Gasteiger partial charge in [0.1, 0.15) is 0 Å². The highest BCUT2D eigenvalue weighted by atomic mass is 16.1. The van der Waals surface area contributed by atoms with Gasteiger partial charge in [0.25, 0.3) is 5.56 Å². The van der Waals surface area contributed by atoms with Crippen molar-refractivity contribution in [2.75, 3.05) is 0 Å². The van der Waals surface area contributed by atoms with Gasteiger partial charge in [-0.2, -0.15) is 0 Å². The first-order chi connectivity index (χ1) is 6.59. The largest absolute Gasteiger partial charge is 0.292 e. The van der Waals surface area contributed by atoms with Crippen molar-refractivity contribution in [3.05, 3.63) is 34.5 Å². The minimum absolute atomic E-state index is 0.0293. The second kappa shape index (κ2) is 2.97. The van der Waals surface area contributed by atoms with Crippen LogP contribution in [0.1, 0.15) is 25.5 Å². The van der Waals surface area contributed by atoms with Gasteiger partial charge in [0.15, 0.2) is 0 Å². The van der Waals surface area contributed by atoms with Crippen LogP contribution in [0, 0.1) is 0 Å². The molecule has 2 aromatic heterocycles. The summed E-state index contributed by atoms with van der Waals surface area (Å²) in [5.74, 6) is 1.08. The topological polar surface area (TPSA) is 39.3 Å². The molecule has 0 aliphatic heterocycles. The Hall–Kier alpha value is -1.58. The van der Waals surface area contributed by atoms with Crippen molar-refractivity contribution in [1.29, 1.82) is 0 Å². The molecule has 14 heavy (non-hydrogen) atoms. The summed E-state index contributed by atoms with van der Waals surface area (Å²) in [6, 6.07) is 1.54. The SMILES string of the molecule is CC(C)c1cn2ccc(=O)n(C)c2n1. The Morgan fingerprint density at radius 1 is 1.43 bits per heavy atom. The predicted molar refractivity (Wildman–Crippen MR) is 54.5 cm³/mol. The quantitative estimate of drug-likeness (QED) is 0.678. The van der Waals surface area contributed by atoms with Crippen molar-refractivity contribution in [3.8, 4) is 0 Å².